The summed E-state index contributed by atoms with van der Waals surface area (Å²) in [7, 11) is 1.69. The van der Waals surface area contributed by atoms with Crippen LogP contribution in [-0.4, -0.2) is 23.9 Å². The van der Waals surface area contributed by atoms with Gasteiger partial charge in [-0.2, -0.15) is 0 Å². The molecule has 0 bridgehead atoms. The minimum Gasteiger partial charge on any atom is -0.496 e. The molecule has 0 saturated heterocycles. The molecule has 0 spiro atoms. The van der Waals surface area contributed by atoms with Crippen LogP contribution in [0.15, 0.2) is 17.0 Å². The number of rotatable bonds is 3. The highest BCUT2D eigenvalue weighted by atomic mass is 32.2. The normalized spacial score (nSPS) is 18.9. The number of thioether (sulfide) groups is 1. The van der Waals surface area contributed by atoms with Crippen molar-refractivity contribution < 1.29 is 14.6 Å². The Balaban J connectivity index is 2.32. The summed E-state index contributed by atoms with van der Waals surface area (Å²) in [5.41, 5.74) is 2.50. The Morgan fingerprint density at radius 1 is 1.56 bits per heavy atom. The average molecular weight is 266 g/mol. The molecule has 1 aliphatic heterocycles. The highest BCUT2D eigenvalue weighted by Gasteiger charge is 2.23. The van der Waals surface area contributed by atoms with Crippen LogP contribution in [0.3, 0.4) is 0 Å². The molecule has 0 saturated carbocycles. The molecule has 1 aromatic carbocycles. The number of hydrogen-bond acceptors (Lipinski definition) is 3. The molecule has 0 aliphatic carbocycles. The van der Waals surface area contributed by atoms with Gasteiger partial charge in [-0.15, -0.1) is 11.8 Å². The number of fused-ring (bicyclic) bond motifs is 1. The van der Waals surface area contributed by atoms with E-state index in [1.165, 1.54) is 16.0 Å². The SMILES string of the molecule is COc1ccc(C)c2c1SCCC(CC(=O)O)C2. The third-order valence-corrected chi connectivity index (χ3v) is 4.58. The fourth-order valence-corrected chi connectivity index (χ4v) is 3.78. The van der Waals surface area contributed by atoms with E-state index in [-0.39, 0.29) is 12.3 Å². The summed E-state index contributed by atoms with van der Waals surface area (Å²) in [6.07, 6.45) is 2.06. The van der Waals surface area contributed by atoms with Crippen molar-refractivity contribution in [2.45, 2.75) is 31.1 Å². The van der Waals surface area contributed by atoms with Crippen molar-refractivity contribution in [3.8, 4) is 5.75 Å². The number of ether oxygens (including phenoxy) is 1. The van der Waals surface area contributed by atoms with Gasteiger partial charge in [-0.25, -0.2) is 0 Å². The minimum atomic E-state index is -0.700. The van der Waals surface area contributed by atoms with Gasteiger partial charge in [0.2, 0.25) is 0 Å². The van der Waals surface area contributed by atoms with Crippen molar-refractivity contribution in [3.63, 3.8) is 0 Å². The Morgan fingerprint density at radius 2 is 2.33 bits per heavy atom. The lowest BCUT2D eigenvalue weighted by molar-refractivity contribution is -0.138. The number of methoxy groups -OCH3 is 1. The molecular formula is C14H18O3S. The van der Waals surface area contributed by atoms with Crippen molar-refractivity contribution in [2.24, 2.45) is 5.92 Å². The topological polar surface area (TPSA) is 46.5 Å². The predicted octanol–water partition coefficient (Wildman–Crippen LogP) is 3.13. The maximum absolute atomic E-state index is 10.9. The van der Waals surface area contributed by atoms with Crippen molar-refractivity contribution >= 4 is 17.7 Å². The summed E-state index contributed by atoms with van der Waals surface area (Å²) in [6.45, 7) is 2.09. The van der Waals surface area contributed by atoms with Crippen molar-refractivity contribution in [3.05, 3.63) is 23.3 Å². The van der Waals surface area contributed by atoms with Gasteiger partial charge in [-0.3, -0.25) is 4.79 Å². The van der Waals surface area contributed by atoms with E-state index >= 15 is 0 Å². The number of aryl methyl sites for hydroxylation is 1. The van der Waals surface area contributed by atoms with Crippen LogP contribution >= 0.6 is 11.8 Å². The second kappa shape index (κ2) is 5.65. The highest BCUT2D eigenvalue weighted by Crippen LogP contribution is 2.40. The molecular weight excluding hydrogens is 248 g/mol. The van der Waals surface area contributed by atoms with Crippen LogP contribution in [0.4, 0.5) is 0 Å². The van der Waals surface area contributed by atoms with Crippen LogP contribution < -0.4 is 4.74 Å². The van der Waals surface area contributed by atoms with Gasteiger partial charge in [0.1, 0.15) is 5.75 Å². The fourth-order valence-electron chi connectivity index (χ4n) is 2.42. The molecule has 3 nitrogen and oxygen atoms in total. The lowest BCUT2D eigenvalue weighted by Gasteiger charge is -2.15. The number of carboxylic acids is 1. The molecule has 0 amide bonds. The molecule has 0 aromatic heterocycles. The molecule has 1 aliphatic rings. The number of carbonyl (C=O) groups is 1. The van der Waals surface area contributed by atoms with Gasteiger partial charge in [0, 0.05) is 6.42 Å². The number of hydrogen-bond donors (Lipinski definition) is 1. The van der Waals surface area contributed by atoms with E-state index in [9.17, 15) is 4.79 Å². The zero-order chi connectivity index (χ0) is 13.1. The van der Waals surface area contributed by atoms with Gasteiger partial charge in [-0.1, -0.05) is 6.07 Å². The molecule has 0 radical (unpaired) electrons. The highest BCUT2D eigenvalue weighted by molar-refractivity contribution is 7.99. The zero-order valence-electron chi connectivity index (χ0n) is 10.7. The first-order chi connectivity index (χ1) is 8.61. The van der Waals surface area contributed by atoms with Crippen LogP contribution in [0.2, 0.25) is 0 Å². The lowest BCUT2D eigenvalue weighted by atomic mass is 9.91. The van der Waals surface area contributed by atoms with E-state index in [2.05, 4.69) is 13.0 Å². The third-order valence-electron chi connectivity index (χ3n) is 3.41. The first-order valence-electron chi connectivity index (χ1n) is 6.13. The monoisotopic (exact) mass is 266 g/mol. The van der Waals surface area contributed by atoms with E-state index in [1.54, 1.807) is 18.9 Å². The maximum Gasteiger partial charge on any atom is 0.303 e. The standard InChI is InChI=1S/C14H18O3S/c1-9-3-4-12(17-2)14-11(9)7-10(5-6-18-14)8-13(15)16/h3-4,10H,5-8H2,1-2H3,(H,15,16). The first kappa shape index (κ1) is 13.3. The molecule has 18 heavy (non-hydrogen) atoms. The number of benzene rings is 1. The second-order valence-electron chi connectivity index (χ2n) is 4.70. The quantitative estimate of drug-likeness (QED) is 0.913. The molecule has 1 unspecified atom stereocenters. The summed E-state index contributed by atoms with van der Waals surface area (Å²) in [6, 6.07) is 4.06. The van der Waals surface area contributed by atoms with Crippen LogP contribution in [0.25, 0.3) is 0 Å². The predicted molar refractivity (Wildman–Crippen MR) is 72.5 cm³/mol. The minimum absolute atomic E-state index is 0.238. The van der Waals surface area contributed by atoms with Crippen LogP contribution in [0.5, 0.6) is 5.75 Å². The number of carboxylic acid groups (broad SMARTS) is 1. The zero-order valence-corrected chi connectivity index (χ0v) is 11.5. The van der Waals surface area contributed by atoms with E-state index in [0.29, 0.717) is 0 Å². The van der Waals surface area contributed by atoms with E-state index in [4.69, 9.17) is 9.84 Å². The second-order valence-corrected chi connectivity index (χ2v) is 5.80. The first-order valence-corrected chi connectivity index (χ1v) is 7.11. The van der Waals surface area contributed by atoms with Gasteiger partial charge in [0.05, 0.1) is 12.0 Å². The number of aliphatic carboxylic acids is 1. The van der Waals surface area contributed by atoms with Crippen LogP contribution in [-0.2, 0) is 11.2 Å². The molecule has 1 heterocycles. The van der Waals surface area contributed by atoms with E-state index in [0.717, 1.165) is 24.3 Å². The summed E-state index contributed by atoms with van der Waals surface area (Å²) >= 11 is 1.79. The lowest BCUT2D eigenvalue weighted by Crippen LogP contribution is -2.11. The molecule has 98 valence electrons. The Kier molecular flexibility index (Phi) is 4.17. The Hall–Kier alpha value is -1.16. The average Bonchev–Trinajstić information content (AvgIpc) is 2.52. The summed E-state index contributed by atoms with van der Waals surface area (Å²) in [5.74, 6) is 1.41. The van der Waals surface area contributed by atoms with Crippen LogP contribution in [0.1, 0.15) is 24.0 Å². The van der Waals surface area contributed by atoms with Gasteiger partial charge >= 0.3 is 5.97 Å². The van der Waals surface area contributed by atoms with Crippen molar-refractivity contribution in [1.82, 2.24) is 0 Å². The molecule has 4 heteroatoms. The van der Waals surface area contributed by atoms with E-state index < -0.39 is 5.97 Å². The van der Waals surface area contributed by atoms with Gasteiger partial charge in [0.25, 0.3) is 0 Å². The molecule has 2 rings (SSSR count). The fraction of sp³-hybridized carbons (Fsp3) is 0.500. The molecule has 1 aromatic rings. The van der Waals surface area contributed by atoms with Gasteiger partial charge in [-0.05, 0) is 48.6 Å². The van der Waals surface area contributed by atoms with Gasteiger partial charge in [0.15, 0.2) is 0 Å². The smallest absolute Gasteiger partial charge is 0.303 e. The largest absolute Gasteiger partial charge is 0.496 e. The molecule has 1 N–H and O–H groups in total. The van der Waals surface area contributed by atoms with E-state index in [1.807, 2.05) is 6.07 Å². The maximum atomic E-state index is 10.9. The van der Waals surface area contributed by atoms with Crippen molar-refractivity contribution in [1.29, 1.82) is 0 Å². The van der Waals surface area contributed by atoms with Crippen LogP contribution in [0, 0.1) is 12.8 Å². The summed E-state index contributed by atoms with van der Waals surface area (Å²) in [4.78, 5) is 12.1. The Bertz CT molecular complexity index is 457. The summed E-state index contributed by atoms with van der Waals surface area (Å²) in [5, 5.41) is 8.94. The molecule has 1 atom stereocenters. The van der Waals surface area contributed by atoms with Crippen molar-refractivity contribution in [2.75, 3.05) is 12.9 Å². The van der Waals surface area contributed by atoms with Gasteiger partial charge < -0.3 is 9.84 Å². The Morgan fingerprint density at radius 3 is 3.00 bits per heavy atom. The summed E-state index contributed by atoms with van der Waals surface area (Å²) < 4.78 is 5.40. The Labute approximate surface area is 112 Å². The molecule has 0 fully saturated rings. The third kappa shape index (κ3) is 2.80.